The molecule has 1 radical (unpaired) electrons. The van der Waals surface area contributed by atoms with Crippen LogP contribution in [0.3, 0.4) is 0 Å². The zero-order valence-corrected chi connectivity index (χ0v) is 11.9. The zero-order valence-electron chi connectivity index (χ0n) is 11.9. The van der Waals surface area contributed by atoms with Crippen LogP contribution in [0.25, 0.3) is 16.7 Å². The Morgan fingerprint density at radius 2 is 1.90 bits per heavy atom. The quantitative estimate of drug-likeness (QED) is 0.896. The van der Waals surface area contributed by atoms with Crippen molar-refractivity contribution in [2.45, 2.75) is 25.7 Å². The largest absolute Gasteiger partial charge is 0.366 e. The van der Waals surface area contributed by atoms with Crippen molar-refractivity contribution in [3.05, 3.63) is 65.7 Å². The number of nitrogens with two attached hydrogens (primary N) is 1. The lowest BCUT2D eigenvalue weighted by molar-refractivity contribution is 0.100. The molecule has 0 saturated heterocycles. The maximum atomic E-state index is 12.0. The maximum Gasteiger partial charge on any atom is 0.249 e. The van der Waals surface area contributed by atoms with E-state index >= 15 is 0 Å². The summed E-state index contributed by atoms with van der Waals surface area (Å²) in [5.41, 5.74) is 10.3. The number of amides is 1. The highest BCUT2D eigenvalue weighted by atomic mass is 16.1. The van der Waals surface area contributed by atoms with Crippen molar-refractivity contribution in [3.63, 3.8) is 0 Å². The smallest absolute Gasteiger partial charge is 0.249 e. The first kappa shape index (κ1) is 13.6. The van der Waals surface area contributed by atoms with Crippen LogP contribution in [-0.4, -0.2) is 5.91 Å². The third-order valence-electron chi connectivity index (χ3n) is 3.94. The Labute approximate surface area is 125 Å². The summed E-state index contributed by atoms with van der Waals surface area (Å²) in [4.78, 5) is 12.0. The van der Waals surface area contributed by atoms with Gasteiger partial charge in [-0.25, -0.2) is 0 Å². The van der Waals surface area contributed by atoms with Crippen molar-refractivity contribution in [3.8, 4) is 11.1 Å². The third kappa shape index (κ3) is 2.75. The molecule has 0 atom stereocenters. The topological polar surface area (TPSA) is 43.1 Å². The lowest BCUT2D eigenvalue weighted by Gasteiger charge is -2.17. The molecule has 21 heavy (non-hydrogen) atoms. The summed E-state index contributed by atoms with van der Waals surface area (Å²) in [7, 11) is 0. The Bertz CT molecular complexity index is 686. The molecule has 0 aromatic heterocycles. The van der Waals surface area contributed by atoms with Gasteiger partial charge in [0.1, 0.15) is 0 Å². The van der Waals surface area contributed by atoms with Gasteiger partial charge in [-0.15, -0.1) is 0 Å². The van der Waals surface area contributed by atoms with Crippen molar-refractivity contribution in [1.82, 2.24) is 0 Å². The second kappa shape index (κ2) is 5.96. The predicted molar refractivity (Wildman–Crippen MR) is 85.7 cm³/mol. The molecule has 0 spiro atoms. The van der Waals surface area contributed by atoms with Gasteiger partial charge in [0, 0.05) is 0 Å². The number of benzene rings is 2. The number of carbonyl (C=O) groups excluding carboxylic acids is 1. The fraction of sp³-hybridized carbons (Fsp3) is 0.211. The molecule has 2 N–H and O–H groups in total. The Morgan fingerprint density at radius 1 is 1.10 bits per heavy atom. The molecule has 2 aromatic rings. The lowest BCUT2D eigenvalue weighted by Crippen LogP contribution is -2.15. The van der Waals surface area contributed by atoms with Crippen molar-refractivity contribution in [2.75, 3.05) is 0 Å². The number of carbonyl (C=O) groups is 1. The number of allylic oxidation sites excluding steroid dienone is 2. The Hall–Kier alpha value is -2.35. The van der Waals surface area contributed by atoms with E-state index in [-0.39, 0.29) is 5.91 Å². The van der Waals surface area contributed by atoms with Gasteiger partial charge in [0.05, 0.1) is 5.56 Å². The molecule has 0 fully saturated rings. The molecule has 0 unspecified atom stereocenters. The Morgan fingerprint density at radius 3 is 2.57 bits per heavy atom. The average Bonchev–Trinajstić information content (AvgIpc) is 2.55. The van der Waals surface area contributed by atoms with Crippen LogP contribution in [0.4, 0.5) is 0 Å². The van der Waals surface area contributed by atoms with Crippen LogP contribution in [0.2, 0.25) is 0 Å². The van der Waals surface area contributed by atoms with Gasteiger partial charge in [-0.1, -0.05) is 48.5 Å². The molecule has 2 heteroatoms. The minimum atomic E-state index is -0.382. The van der Waals surface area contributed by atoms with E-state index in [9.17, 15) is 4.79 Å². The molecule has 0 heterocycles. The molecule has 3 rings (SSSR count). The molecular weight excluding hydrogens is 258 g/mol. The number of hydrogen-bond acceptors (Lipinski definition) is 1. The van der Waals surface area contributed by atoms with Crippen molar-refractivity contribution < 1.29 is 4.79 Å². The van der Waals surface area contributed by atoms with Crippen LogP contribution >= 0.6 is 0 Å². The van der Waals surface area contributed by atoms with E-state index in [1.54, 1.807) is 0 Å². The van der Waals surface area contributed by atoms with E-state index in [2.05, 4.69) is 12.1 Å². The minimum Gasteiger partial charge on any atom is -0.366 e. The molecule has 2 nitrogen and oxygen atoms in total. The molecule has 0 bridgehead atoms. The SMILES string of the molecule is NC(=O)c1c(C2=CCCCC2)[c]ccc1-c1ccccc1. The number of hydrogen-bond donors (Lipinski definition) is 1. The van der Waals surface area contributed by atoms with Crippen LogP contribution in [-0.2, 0) is 0 Å². The monoisotopic (exact) mass is 276 g/mol. The van der Waals surface area contributed by atoms with Crippen LogP contribution < -0.4 is 5.73 Å². The van der Waals surface area contributed by atoms with Gasteiger partial charge in [0.2, 0.25) is 5.91 Å². The predicted octanol–water partition coefficient (Wildman–Crippen LogP) is 4.21. The van der Waals surface area contributed by atoms with Gasteiger partial charge in [-0.3, -0.25) is 4.79 Å². The standard InChI is InChI=1S/C19H18NO/c20-19(21)18-16(14-8-3-1-4-9-14)12-7-13-17(18)15-10-5-2-6-11-15/h1,3-4,7-10,12H,2,5-6,11H2,(H2,20,21). The first-order valence-electron chi connectivity index (χ1n) is 7.36. The summed E-state index contributed by atoms with van der Waals surface area (Å²) in [6.07, 6.45) is 6.66. The van der Waals surface area contributed by atoms with Gasteiger partial charge >= 0.3 is 0 Å². The zero-order chi connectivity index (χ0) is 14.7. The van der Waals surface area contributed by atoms with Gasteiger partial charge in [-0.05, 0) is 54.0 Å². The summed E-state index contributed by atoms with van der Waals surface area (Å²) < 4.78 is 0. The van der Waals surface area contributed by atoms with E-state index in [1.807, 2.05) is 42.5 Å². The summed E-state index contributed by atoms with van der Waals surface area (Å²) in [5, 5.41) is 0. The van der Waals surface area contributed by atoms with Crippen molar-refractivity contribution in [1.29, 1.82) is 0 Å². The number of rotatable bonds is 3. The van der Waals surface area contributed by atoms with Gasteiger partial charge in [0.15, 0.2) is 0 Å². The molecular formula is C19H18NO. The highest BCUT2D eigenvalue weighted by Gasteiger charge is 2.18. The summed E-state index contributed by atoms with van der Waals surface area (Å²) in [6, 6.07) is 16.9. The fourth-order valence-electron chi connectivity index (χ4n) is 2.93. The van der Waals surface area contributed by atoms with E-state index in [1.165, 1.54) is 12.0 Å². The molecule has 2 aromatic carbocycles. The summed E-state index contributed by atoms with van der Waals surface area (Å²) in [5.74, 6) is -0.382. The third-order valence-corrected chi connectivity index (χ3v) is 3.94. The molecule has 0 aliphatic heterocycles. The fourth-order valence-corrected chi connectivity index (χ4v) is 2.93. The summed E-state index contributed by atoms with van der Waals surface area (Å²) >= 11 is 0. The molecule has 1 amide bonds. The second-order valence-electron chi connectivity index (χ2n) is 5.35. The molecule has 0 saturated carbocycles. The average molecular weight is 276 g/mol. The van der Waals surface area contributed by atoms with Crippen LogP contribution in [0, 0.1) is 6.07 Å². The van der Waals surface area contributed by atoms with Crippen molar-refractivity contribution >= 4 is 11.5 Å². The van der Waals surface area contributed by atoms with E-state index in [0.29, 0.717) is 5.56 Å². The maximum absolute atomic E-state index is 12.0. The second-order valence-corrected chi connectivity index (χ2v) is 5.35. The molecule has 1 aliphatic carbocycles. The van der Waals surface area contributed by atoms with Crippen LogP contribution in [0.15, 0.2) is 48.5 Å². The van der Waals surface area contributed by atoms with E-state index in [4.69, 9.17) is 5.73 Å². The van der Waals surface area contributed by atoms with Gasteiger partial charge in [0.25, 0.3) is 0 Å². The van der Waals surface area contributed by atoms with Gasteiger partial charge in [-0.2, -0.15) is 0 Å². The van der Waals surface area contributed by atoms with Crippen LogP contribution in [0.1, 0.15) is 41.6 Å². The summed E-state index contributed by atoms with van der Waals surface area (Å²) in [6.45, 7) is 0. The number of primary amides is 1. The Kier molecular flexibility index (Phi) is 3.87. The minimum absolute atomic E-state index is 0.382. The first-order valence-corrected chi connectivity index (χ1v) is 7.36. The first-order chi connectivity index (χ1) is 10.3. The highest BCUT2D eigenvalue weighted by molar-refractivity contribution is 6.04. The Balaban J connectivity index is 2.18. The lowest BCUT2D eigenvalue weighted by atomic mass is 9.87. The van der Waals surface area contributed by atoms with E-state index in [0.717, 1.165) is 36.0 Å². The normalized spacial score (nSPS) is 14.6. The van der Waals surface area contributed by atoms with Gasteiger partial charge < -0.3 is 5.73 Å². The van der Waals surface area contributed by atoms with Crippen molar-refractivity contribution in [2.24, 2.45) is 5.73 Å². The van der Waals surface area contributed by atoms with E-state index < -0.39 is 0 Å². The molecule has 105 valence electrons. The highest BCUT2D eigenvalue weighted by Crippen LogP contribution is 2.33. The molecule has 1 aliphatic rings. The van der Waals surface area contributed by atoms with Crippen LogP contribution in [0.5, 0.6) is 0 Å².